The van der Waals surface area contributed by atoms with Crippen molar-refractivity contribution >= 4 is 50.6 Å². The van der Waals surface area contributed by atoms with E-state index in [1.54, 1.807) is 18.3 Å². The molecule has 3 heterocycles. The second-order valence-corrected chi connectivity index (χ2v) is 6.99. The Hall–Kier alpha value is -3.79. The van der Waals surface area contributed by atoms with Crippen molar-refractivity contribution in [3.63, 3.8) is 0 Å². The zero-order chi connectivity index (χ0) is 19.7. The van der Waals surface area contributed by atoms with Crippen LogP contribution in [0.5, 0.6) is 0 Å². The van der Waals surface area contributed by atoms with Gasteiger partial charge in [0.25, 0.3) is 0 Å². The number of halogens is 1. The van der Waals surface area contributed by atoms with Gasteiger partial charge >= 0.3 is 0 Å². The molecule has 0 spiro atoms. The van der Waals surface area contributed by atoms with Crippen LogP contribution in [0.1, 0.15) is 11.1 Å². The lowest BCUT2D eigenvalue weighted by molar-refractivity contribution is 1.17. The molecule has 0 saturated heterocycles. The van der Waals surface area contributed by atoms with Gasteiger partial charge in [0.2, 0.25) is 0 Å². The fraction of sp³-hybridized carbons (Fsp3) is 0. The molecule has 0 amide bonds. The Morgan fingerprint density at radius 3 is 2.71 bits per heavy atom. The Morgan fingerprint density at radius 1 is 1.11 bits per heavy atom. The number of nitrogen functional groups attached to an aromatic ring is 1. The fourth-order valence-electron chi connectivity index (χ4n) is 2.59. The van der Waals surface area contributed by atoms with Gasteiger partial charge in [0, 0.05) is 17.8 Å². The number of anilines is 3. The molecule has 8 nitrogen and oxygen atoms in total. The molecule has 0 atom stereocenters. The standard InChI is InChI=1S/C18H9ClN8S/c19-11-4-9(6-20)3-10(7-21)15(11)18-26-12-1-2-23-17(16(12)28-18)27-14-5-13(22)24-8-25-14/h1-5,8H,(H3,22,23,24,25,27). The van der Waals surface area contributed by atoms with Crippen molar-refractivity contribution in [2.24, 2.45) is 0 Å². The molecular formula is C18H9ClN8S. The first-order valence-corrected chi connectivity index (χ1v) is 9.02. The smallest absolute Gasteiger partial charge is 0.151 e. The first-order chi connectivity index (χ1) is 13.6. The molecule has 0 radical (unpaired) electrons. The summed E-state index contributed by atoms with van der Waals surface area (Å²) in [7, 11) is 0. The summed E-state index contributed by atoms with van der Waals surface area (Å²) in [6, 6.07) is 10.4. The van der Waals surface area contributed by atoms with Gasteiger partial charge < -0.3 is 11.1 Å². The van der Waals surface area contributed by atoms with Crippen LogP contribution in [0.2, 0.25) is 5.02 Å². The molecule has 0 bridgehead atoms. The maximum absolute atomic E-state index is 9.48. The summed E-state index contributed by atoms with van der Waals surface area (Å²) in [5.41, 5.74) is 7.46. The average molecular weight is 405 g/mol. The highest BCUT2D eigenvalue weighted by atomic mass is 35.5. The molecule has 0 aliphatic rings. The number of rotatable bonds is 3. The second kappa shape index (κ2) is 7.08. The van der Waals surface area contributed by atoms with E-state index < -0.39 is 0 Å². The van der Waals surface area contributed by atoms with Crippen molar-refractivity contribution in [1.29, 1.82) is 10.5 Å². The van der Waals surface area contributed by atoms with Crippen LogP contribution in [0, 0.1) is 22.7 Å². The number of pyridine rings is 1. The van der Waals surface area contributed by atoms with Gasteiger partial charge in [-0.1, -0.05) is 11.6 Å². The van der Waals surface area contributed by atoms with E-state index in [0.717, 1.165) is 4.70 Å². The third-order valence-electron chi connectivity index (χ3n) is 3.79. The van der Waals surface area contributed by atoms with Crippen LogP contribution >= 0.6 is 22.9 Å². The van der Waals surface area contributed by atoms with E-state index in [1.807, 2.05) is 6.07 Å². The van der Waals surface area contributed by atoms with Crippen LogP contribution in [0.25, 0.3) is 20.8 Å². The number of thiazole rings is 1. The van der Waals surface area contributed by atoms with E-state index in [9.17, 15) is 5.26 Å². The van der Waals surface area contributed by atoms with Gasteiger partial charge in [-0.2, -0.15) is 10.5 Å². The number of nitrogens with two attached hydrogens (primary N) is 1. The maximum atomic E-state index is 9.48. The van der Waals surface area contributed by atoms with E-state index in [4.69, 9.17) is 22.6 Å². The zero-order valence-electron chi connectivity index (χ0n) is 14.0. The van der Waals surface area contributed by atoms with Crippen LogP contribution in [0.3, 0.4) is 0 Å². The first kappa shape index (κ1) is 17.6. The highest BCUT2D eigenvalue weighted by Crippen LogP contribution is 2.39. The van der Waals surface area contributed by atoms with Crippen molar-refractivity contribution in [3.8, 4) is 22.7 Å². The highest BCUT2D eigenvalue weighted by molar-refractivity contribution is 7.22. The number of benzene rings is 1. The molecule has 0 fully saturated rings. The third-order valence-corrected chi connectivity index (χ3v) is 5.19. The minimum Gasteiger partial charge on any atom is -0.384 e. The monoisotopic (exact) mass is 404 g/mol. The molecule has 4 aromatic rings. The normalized spacial score (nSPS) is 10.4. The minimum absolute atomic E-state index is 0.286. The summed E-state index contributed by atoms with van der Waals surface area (Å²) >= 11 is 7.67. The second-order valence-electron chi connectivity index (χ2n) is 5.58. The van der Waals surface area contributed by atoms with Gasteiger partial charge in [-0.15, -0.1) is 11.3 Å². The number of hydrogen-bond acceptors (Lipinski definition) is 9. The van der Waals surface area contributed by atoms with Gasteiger partial charge in [0.1, 0.15) is 23.0 Å². The SMILES string of the molecule is N#Cc1cc(Cl)c(-c2nc3ccnc(Nc4cc(N)ncn4)c3s2)c(C#N)c1. The first-order valence-electron chi connectivity index (χ1n) is 7.83. The molecule has 4 rings (SSSR count). The van der Waals surface area contributed by atoms with Crippen LogP contribution in [0.15, 0.2) is 36.8 Å². The Labute approximate surface area is 167 Å². The molecule has 3 N–H and O–H groups in total. The molecule has 10 heteroatoms. The number of nitriles is 2. The topological polar surface area (TPSA) is 137 Å². The maximum Gasteiger partial charge on any atom is 0.151 e. The van der Waals surface area contributed by atoms with Gasteiger partial charge in [0.05, 0.1) is 38.5 Å². The predicted octanol–water partition coefficient (Wildman–Crippen LogP) is 3.87. The Balaban J connectivity index is 1.84. The molecule has 0 unspecified atom stereocenters. The number of aromatic nitrogens is 4. The number of nitrogens with zero attached hydrogens (tertiary/aromatic N) is 6. The van der Waals surface area contributed by atoms with E-state index >= 15 is 0 Å². The van der Waals surface area contributed by atoms with Gasteiger partial charge in [-0.25, -0.2) is 19.9 Å². The Bertz CT molecular complexity index is 1300. The quantitative estimate of drug-likeness (QED) is 0.524. The predicted molar refractivity (Wildman–Crippen MR) is 107 cm³/mol. The molecule has 28 heavy (non-hydrogen) atoms. The highest BCUT2D eigenvalue weighted by Gasteiger charge is 2.18. The van der Waals surface area contributed by atoms with E-state index in [0.29, 0.717) is 44.1 Å². The van der Waals surface area contributed by atoms with Crippen molar-refractivity contribution in [2.45, 2.75) is 0 Å². The summed E-state index contributed by atoms with van der Waals surface area (Å²) in [5.74, 6) is 1.37. The molecule has 3 aromatic heterocycles. The molecule has 134 valence electrons. The molecule has 0 aliphatic carbocycles. The summed E-state index contributed by atoms with van der Waals surface area (Å²) in [6.07, 6.45) is 2.97. The number of fused-ring (bicyclic) bond motifs is 1. The summed E-state index contributed by atoms with van der Waals surface area (Å²) in [5, 5.41) is 22.5. The zero-order valence-corrected chi connectivity index (χ0v) is 15.6. The van der Waals surface area contributed by atoms with Crippen molar-refractivity contribution < 1.29 is 0 Å². The molecular weight excluding hydrogens is 396 g/mol. The Kier molecular flexibility index (Phi) is 4.45. The Morgan fingerprint density at radius 2 is 1.96 bits per heavy atom. The third kappa shape index (κ3) is 3.16. The van der Waals surface area contributed by atoms with Crippen LogP contribution < -0.4 is 11.1 Å². The van der Waals surface area contributed by atoms with E-state index in [1.165, 1.54) is 29.8 Å². The number of hydrogen-bond donors (Lipinski definition) is 2. The van der Waals surface area contributed by atoms with Crippen LogP contribution in [-0.4, -0.2) is 19.9 Å². The van der Waals surface area contributed by atoms with Gasteiger partial charge in [0.15, 0.2) is 5.82 Å². The minimum atomic E-state index is 0.286. The lowest BCUT2D eigenvalue weighted by Gasteiger charge is -2.05. The molecule has 1 aromatic carbocycles. The molecule has 0 aliphatic heterocycles. The van der Waals surface area contributed by atoms with Crippen LogP contribution in [-0.2, 0) is 0 Å². The fourth-order valence-corrected chi connectivity index (χ4v) is 4.03. The summed E-state index contributed by atoms with van der Waals surface area (Å²) in [6.45, 7) is 0. The van der Waals surface area contributed by atoms with E-state index in [2.05, 4.69) is 31.3 Å². The lowest BCUT2D eigenvalue weighted by atomic mass is 10.1. The number of nitrogens with one attached hydrogen (secondary N) is 1. The van der Waals surface area contributed by atoms with E-state index in [-0.39, 0.29) is 5.56 Å². The largest absolute Gasteiger partial charge is 0.384 e. The summed E-state index contributed by atoms with van der Waals surface area (Å²) in [4.78, 5) is 16.9. The summed E-state index contributed by atoms with van der Waals surface area (Å²) < 4.78 is 0.763. The molecule has 0 saturated carbocycles. The van der Waals surface area contributed by atoms with Gasteiger partial charge in [-0.05, 0) is 18.2 Å². The van der Waals surface area contributed by atoms with Crippen LogP contribution in [0.4, 0.5) is 17.5 Å². The van der Waals surface area contributed by atoms with Crippen molar-refractivity contribution in [1.82, 2.24) is 19.9 Å². The average Bonchev–Trinajstić information content (AvgIpc) is 3.12. The van der Waals surface area contributed by atoms with Crippen molar-refractivity contribution in [3.05, 3.63) is 52.9 Å². The van der Waals surface area contributed by atoms with Crippen molar-refractivity contribution in [2.75, 3.05) is 11.1 Å². The lowest BCUT2D eigenvalue weighted by Crippen LogP contribution is -1.98. The van der Waals surface area contributed by atoms with Gasteiger partial charge in [-0.3, -0.25) is 0 Å².